The third kappa shape index (κ3) is 3.61. The molecule has 2 N–H and O–H groups in total. The lowest BCUT2D eigenvalue weighted by Gasteiger charge is -2.19. The van der Waals surface area contributed by atoms with Crippen molar-refractivity contribution in [2.24, 2.45) is 0 Å². The van der Waals surface area contributed by atoms with Crippen molar-refractivity contribution in [2.45, 2.75) is 26.3 Å². The van der Waals surface area contributed by atoms with Crippen LogP contribution in [0.3, 0.4) is 0 Å². The van der Waals surface area contributed by atoms with Crippen LogP contribution in [0.1, 0.15) is 31.3 Å². The fourth-order valence-corrected chi connectivity index (χ4v) is 1.51. The number of hydrogen-bond acceptors (Lipinski definition) is 3. The average molecular weight is 263 g/mol. The van der Waals surface area contributed by atoms with E-state index < -0.39 is 18.0 Å². The molecule has 3 nitrogen and oxygen atoms in total. The molecular weight excluding hydrogens is 247 g/mol. The summed E-state index contributed by atoms with van der Waals surface area (Å²) in [6.07, 6.45) is -5.29. The summed E-state index contributed by atoms with van der Waals surface area (Å²) < 4.78 is 48.6. The highest BCUT2D eigenvalue weighted by Crippen LogP contribution is 2.35. The Labute approximate surface area is 104 Å². The molecule has 0 bridgehead atoms. The van der Waals surface area contributed by atoms with E-state index >= 15 is 0 Å². The normalized spacial score (nSPS) is 12.1. The Balaban J connectivity index is 3.09. The molecule has 0 spiro atoms. The summed E-state index contributed by atoms with van der Waals surface area (Å²) >= 11 is 0. The first-order chi connectivity index (χ1) is 8.40. The summed E-state index contributed by atoms with van der Waals surface area (Å²) in [6.45, 7) is 4.18. The molecule has 0 saturated heterocycles. The molecular formula is C12H16F3NO2. The minimum atomic E-state index is -4.48. The van der Waals surface area contributed by atoms with Crippen LogP contribution in [0, 0.1) is 0 Å². The predicted octanol–water partition coefficient (Wildman–Crippen LogP) is 3.36. The number of alkyl halides is 3. The number of halogens is 3. The van der Waals surface area contributed by atoms with Crippen LogP contribution in [0.5, 0.6) is 0 Å². The highest BCUT2D eigenvalue weighted by Gasteiger charge is 2.33. The number of hydrogen-bond donors (Lipinski definition) is 1. The molecule has 18 heavy (non-hydrogen) atoms. The lowest BCUT2D eigenvalue weighted by atomic mass is 10.1. The zero-order valence-electron chi connectivity index (χ0n) is 10.3. The van der Waals surface area contributed by atoms with Gasteiger partial charge in [-0.25, -0.2) is 0 Å². The molecule has 1 aromatic rings. The van der Waals surface area contributed by atoms with Crippen molar-refractivity contribution >= 4 is 5.69 Å². The minimum absolute atomic E-state index is 0.306. The maximum absolute atomic E-state index is 12.7. The van der Waals surface area contributed by atoms with Crippen molar-refractivity contribution in [2.75, 3.05) is 18.9 Å². The van der Waals surface area contributed by atoms with Gasteiger partial charge in [-0.3, -0.25) is 0 Å². The van der Waals surface area contributed by atoms with Crippen LogP contribution in [-0.4, -0.2) is 13.2 Å². The maximum atomic E-state index is 12.7. The summed E-state index contributed by atoms with van der Waals surface area (Å²) in [6, 6.07) is 3.65. The van der Waals surface area contributed by atoms with E-state index in [0.29, 0.717) is 18.8 Å². The molecule has 0 saturated carbocycles. The van der Waals surface area contributed by atoms with Crippen molar-refractivity contribution in [1.82, 2.24) is 0 Å². The Morgan fingerprint density at radius 1 is 1.17 bits per heavy atom. The first-order valence-electron chi connectivity index (χ1n) is 5.60. The molecule has 1 aromatic carbocycles. The lowest BCUT2D eigenvalue weighted by Crippen LogP contribution is -2.13. The standard InChI is InChI=1S/C12H16F3NO2/c1-3-17-11(18-4-2)8-5-6-10(16)9(7-8)12(13,14)15/h5-7,11H,3-4,16H2,1-2H3. The first-order valence-corrected chi connectivity index (χ1v) is 5.60. The molecule has 0 amide bonds. The highest BCUT2D eigenvalue weighted by atomic mass is 19.4. The quantitative estimate of drug-likeness (QED) is 0.654. The Bertz CT molecular complexity index is 387. The average Bonchev–Trinajstić information content (AvgIpc) is 2.28. The molecule has 0 fully saturated rings. The SMILES string of the molecule is CCOC(OCC)c1ccc(N)c(C(F)(F)F)c1. The van der Waals surface area contributed by atoms with Gasteiger partial charge in [0.15, 0.2) is 6.29 Å². The van der Waals surface area contributed by atoms with Gasteiger partial charge >= 0.3 is 6.18 Å². The van der Waals surface area contributed by atoms with Crippen LogP contribution < -0.4 is 5.73 Å². The van der Waals surface area contributed by atoms with Gasteiger partial charge in [0.25, 0.3) is 0 Å². The largest absolute Gasteiger partial charge is 0.418 e. The number of benzene rings is 1. The molecule has 0 aliphatic carbocycles. The van der Waals surface area contributed by atoms with E-state index in [1.165, 1.54) is 12.1 Å². The second-order valence-electron chi connectivity index (χ2n) is 3.59. The van der Waals surface area contributed by atoms with E-state index in [2.05, 4.69) is 0 Å². The fraction of sp³-hybridized carbons (Fsp3) is 0.500. The van der Waals surface area contributed by atoms with Gasteiger partial charge in [-0.2, -0.15) is 13.2 Å². The zero-order valence-corrected chi connectivity index (χ0v) is 10.3. The van der Waals surface area contributed by atoms with E-state index in [9.17, 15) is 13.2 Å². The van der Waals surface area contributed by atoms with Crippen LogP contribution >= 0.6 is 0 Å². The van der Waals surface area contributed by atoms with E-state index in [0.717, 1.165) is 6.07 Å². The van der Waals surface area contributed by atoms with E-state index in [-0.39, 0.29) is 5.69 Å². The first kappa shape index (κ1) is 14.8. The summed E-state index contributed by atoms with van der Waals surface area (Å²) in [7, 11) is 0. The van der Waals surface area contributed by atoms with Crippen LogP contribution in [0.25, 0.3) is 0 Å². The molecule has 0 aliphatic rings. The van der Waals surface area contributed by atoms with E-state index in [1.54, 1.807) is 13.8 Å². The zero-order chi connectivity index (χ0) is 13.8. The van der Waals surface area contributed by atoms with Gasteiger partial charge in [0, 0.05) is 24.5 Å². The van der Waals surface area contributed by atoms with Crippen molar-refractivity contribution in [3.63, 3.8) is 0 Å². The topological polar surface area (TPSA) is 44.5 Å². The molecule has 0 unspecified atom stereocenters. The molecule has 6 heteroatoms. The van der Waals surface area contributed by atoms with Crippen LogP contribution in [0.2, 0.25) is 0 Å². The number of nitrogen functional groups attached to an aromatic ring is 1. The van der Waals surface area contributed by atoms with Gasteiger partial charge < -0.3 is 15.2 Å². The van der Waals surface area contributed by atoms with Gasteiger partial charge in [0.1, 0.15) is 0 Å². The third-order valence-electron chi connectivity index (χ3n) is 2.29. The Morgan fingerprint density at radius 3 is 2.17 bits per heavy atom. The van der Waals surface area contributed by atoms with E-state index in [1.807, 2.05) is 0 Å². The lowest BCUT2D eigenvalue weighted by molar-refractivity contribution is -0.143. The fourth-order valence-electron chi connectivity index (χ4n) is 1.51. The van der Waals surface area contributed by atoms with Gasteiger partial charge in [0.05, 0.1) is 5.56 Å². The summed E-state index contributed by atoms with van der Waals surface area (Å²) in [5.41, 5.74) is 4.45. The molecule has 0 atom stereocenters. The predicted molar refractivity (Wildman–Crippen MR) is 61.8 cm³/mol. The molecule has 0 heterocycles. The van der Waals surface area contributed by atoms with Crippen molar-refractivity contribution < 1.29 is 22.6 Å². The van der Waals surface area contributed by atoms with E-state index in [4.69, 9.17) is 15.2 Å². The number of ether oxygens (including phenoxy) is 2. The van der Waals surface area contributed by atoms with Crippen molar-refractivity contribution in [1.29, 1.82) is 0 Å². The Hall–Kier alpha value is -1.27. The molecule has 0 radical (unpaired) electrons. The van der Waals surface area contributed by atoms with Crippen molar-refractivity contribution in [3.8, 4) is 0 Å². The molecule has 0 aliphatic heterocycles. The van der Waals surface area contributed by atoms with Gasteiger partial charge in [0.2, 0.25) is 0 Å². The summed E-state index contributed by atoms with van der Waals surface area (Å²) in [4.78, 5) is 0. The van der Waals surface area contributed by atoms with Crippen molar-refractivity contribution in [3.05, 3.63) is 29.3 Å². The Kier molecular flexibility index (Phi) is 4.98. The summed E-state index contributed by atoms with van der Waals surface area (Å²) in [5, 5.41) is 0. The second-order valence-corrected chi connectivity index (χ2v) is 3.59. The Morgan fingerprint density at radius 2 is 1.72 bits per heavy atom. The number of nitrogens with two attached hydrogens (primary N) is 1. The number of anilines is 1. The van der Waals surface area contributed by atoms with Crippen LogP contribution in [0.4, 0.5) is 18.9 Å². The maximum Gasteiger partial charge on any atom is 0.418 e. The smallest absolute Gasteiger partial charge is 0.398 e. The second kappa shape index (κ2) is 6.06. The van der Waals surface area contributed by atoms with Gasteiger partial charge in [-0.05, 0) is 26.0 Å². The third-order valence-corrected chi connectivity index (χ3v) is 2.29. The minimum Gasteiger partial charge on any atom is -0.398 e. The molecule has 1 rings (SSSR count). The number of rotatable bonds is 5. The van der Waals surface area contributed by atoms with Gasteiger partial charge in [-0.15, -0.1) is 0 Å². The molecule has 0 aromatic heterocycles. The van der Waals surface area contributed by atoms with Gasteiger partial charge in [-0.1, -0.05) is 6.07 Å². The monoisotopic (exact) mass is 263 g/mol. The highest BCUT2D eigenvalue weighted by molar-refractivity contribution is 5.50. The summed E-state index contributed by atoms with van der Waals surface area (Å²) in [5.74, 6) is 0. The molecule has 102 valence electrons. The van der Waals surface area contributed by atoms with Crippen LogP contribution in [-0.2, 0) is 15.7 Å². The van der Waals surface area contributed by atoms with Crippen LogP contribution in [0.15, 0.2) is 18.2 Å².